The van der Waals surface area contributed by atoms with Gasteiger partial charge in [-0.05, 0) is 29.3 Å². The van der Waals surface area contributed by atoms with Gasteiger partial charge in [-0.3, -0.25) is 4.79 Å². The van der Waals surface area contributed by atoms with Crippen LogP contribution in [0, 0.1) is 11.6 Å². The zero-order valence-electron chi connectivity index (χ0n) is 13.7. The zero-order chi connectivity index (χ0) is 19.3. The highest BCUT2D eigenvalue weighted by molar-refractivity contribution is 6.35. The summed E-state index contributed by atoms with van der Waals surface area (Å²) in [4.78, 5) is 24.1. The number of methoxy groups -OCH3 is 1. The van der Waals surface area contributed by atoms with Crippen LogP contribution in [0.25, 0.3) is 0 Å². The van der Waals surface area contributed by atoms with Crippen LogP contribution in [0.3, 0.4) is 0 Å². The zero-order valence-corrected chi connectivity index (χ0v) is 15.2. The van der Waals surface area contributed by atoms with Gasteiger partial charge in [-0.1, -0.05) is 35.3 Å². The summed E-state index contributed by atoms with van der Waals surface area (Å²) in [7, 11) is 1.19. The molecule has 26 heavy (non-hydrogen) atoms. The third kappa shape index (κ3) is 5.41. The van der Waals surface area contributed by atoms with Crippen molar-refractivity contribution in [1.29, 1.82) is 0 Å². The molecular weight excluding hydrogens is 387 g/mol. The molecule has 0 fully saturated rings. The second-order valence-corrected chi connectivity index (χ2v) is 6.34. The number of amides is 1. The fraction of sp³-hybridized carbons (Fsp3) is 0.222. The first-order chi connectivity index (χ1) is 12.3. The van der Waals surface area contributed by atoms with Gasteiger partial charge in [-0.2, -0.15) is 0 Å². The Morgan fingerprint density at radius 3 is 2.42 bits per heavy atom. The summed E-state index contributed by atoms with van der Waals surface area (Å²) in [6.45, 7) is 0. The van der Waals surface area contributed by atoms with E-state index in [2.05, 4.69) is 5.32 Å². The fourth-order valence-corrected chi connectivity index (χ4v) is 2.81. The lowest BCUT2D eigenvalue weighted by atomic mass is 10.0. The summed E-state index contributed by atoms with van der Waals surface area (Å²) >= 11 is 11.9. The molecule has 1 amide bonds. The first-order valence-corrected chi connectivity index (χ1v) is 8.30. The van der Waals surface area contributed by atoms with Gasteiger partial charge < -0.3 is 10.1 Å². The van der Waals surface area contributed by atoms with Crippen molar-refractivity contribution in [3.8, 4) is 0 Å². The molecule has 0 aliphatic rings. The molecule has 1 N–H and O–H groups in total. The third-order valence-electron chi connectivity index (χ3n) is 3.63. The topological polar surface area (TPSA) is 55.4 Å². The lowest BCUT2D eigenvalue weighted by Gasteiger charge is -2.17. The standard InChI is InChI=1S/C18H15Cl2F2NO3/c1-26-18(25)16(6-10-2-4-12(19)8-14(10)20)23-17(24)7-11-3-5-13(21)9-15(11)22/h2-5,8-9,16H,6-7H2,1H3,(H,23,24)/t16-/m1/s1. The Hall–Kier alpha value is -2.18. The predicted molar refractivity (Wildman–Crippen MR) is 94.2 cm³/mol. The summed E-state index contributed by atoms with van der Waals surface area (Å²) in [6, 6.07) is 6.65. The highest BCUT2D eigenvalue weighted by Gasteiger charge is 2.23. The van der Waals surface area contributed by atoms with Crippen LogP contribution in [-0.4, -0.2) is 25.0 Å². The van der Waals surface area contributed by atoms with E-state index in [0.717, 1.165) is 6.07 Å². The Kier molecular flexibility index (Phi) is 6.94. The molecule has 0 unspecified atom stereocenters. The lowest BCUT2D eigenvalue weighted by molar-refractivity contribution is -0.145. The Labute approximate surface area is 159 Å². The summed E-state index contributed by atoms with van der Waals surface area (Å²) in [6.07, 6.45) is -0.283. The van der Waals surface area contributed by atoms with Gasteiger partial charge in [-0.15, -0.1) is 0 Å². The average molecular weight is 402 g/mol. The molecule has 0 saturated heterocycles. The third-order valence-corrected chi connectivity index (χ3v) is 4.21. The number of carbonyl (C=O) groups excluding carboxylic acids is 2. The molecule has 0 saturated carbocycles. The molecular formula is C18H15Cl2F2NO3. The van der Waals surface area contributed by atoms with E-state index in [1.165, 1.54) is 19.2 Å². The van der Waals surface area contributed by atoms with Gasteiger partial charge in [-0.25, -0.2) is 13.6 Å². The number of benzene rings is 2. The smallest absolute Gasteiger partial charge is 0.328 e. The average Bonchev–Trinajstić information content (AvgIpc) is 2.58. The number of halogens is 4. The van der Waals surface area contributed by atoms with Crippen LogP contribution in [-0.2, 0) is 27.2 Å². The van der Waals surface area contributed by atoms with Gasteiger partial charge in [0.1, 0.15) is 17.7 Å². The summed E-state index contributed by atoms with van der Waals surface area (Å²) < 4.78 is 31.3. The second-order valence-electron chi connectivity index (χ2n) is 5.50. The van der Waals surface area contributed by atoms with E-state index in [1.807, 2.05) is 0 Å². The van der Waals surface area contributed by atoms with Gasteiger partial charge in [0.05, 0.1) is 13.5 Å². The molecule has 2 aromatic rings. The van der Waals surface area contributed by atoms with E-state index < -0.39 is 29.6 Å². The molecule has 2 rings (SSSR count). The molecule has 138 valence electrons. The predicted octanol–water partition coefficient (Wildman–Crippen LogP) is 3.71. The maximum atomic E-state index is 13.7. The minimum absolute atomic E-state index is 0.0111. The number of rotatable bonds is 6. The van der Waals surface area contributed by atoms with Crippen LogP contribution in [0.15, 0.2) is 36.4 Å². The normalized spacial score (nSPS) is 11.7. The molecule has 0 aliphatic carbocycles. The van der Waals surface area contributed by atoms with Crippen molar-refractivity contribution in [3.63, 3.8) is 0 Å². The maximum Gasteiger partial charge on any atom is 0.328 e. The number of hydrogen-bond acceptors (Lipinski definition) is 3. The van der Waals surface area contributed by atoms with Gasteiger partial charge in [0, 0.05) is 22.5 Å². The van der Waals surface area contributed by atoms with Gasteiger partial charge in [0.25, 0.3) is 0 Å². The lowest BCUT2D eigenvalue weighted by Crippen LogP contribution is -2.43. The Morgan fingerprint density at radius 1 is 1.12 bits per heavy atom. The van der Waals surface area contributed by atoms with Gasteiger partial charge in [0.15, 0.2) is 0 Å². The molecule has 0 aliphatic heterocycles. The van der Waals surface area contributed by atoms with Crippen LogP contribution in [0.5, 0.6) is 0 Å². The number of ether oxygens (including phenoxy) is 1. The molecule has 4 nitrogen and oxygen atoms in total. The van der Waals surface area contributed by atoms with E-state index in [-0.39, 0.29) is 18.4 Å². The van der Waals surface area contributed by atoms with E-state index >= 15 is 0 Å². The van der Waals surface area contributed by atoms with E-state index in [0.29, 0.717) is 21.7 Å². The van der Waals surface area contributed by atoms with Crippen molar-refractivity contribution >= 4 is 35.1 Å². The molecule has 0 radical (unpaired) electrons. The number of hydrogen-bond donors (Lipinski definition) is 1. The van der Waals surface area contributed by atoms with Gasteiger partial charge in [0.2, 0.25) is 5.91 Å². The van der Waals surface area contributed by atoms with Crippen LogP contribution in [0.1, 0.15) is 11.1 Å². The number of esters is 1. The molecule has 0 aromatic heterocycles. The molecule has 0 spiro atoms. The van der Waals surface area contributed by atoms with E-state index in [4.69, 9.17) is 27.9 Å². The van der Waals surface area contributed by atoms with Crippen molar-refractivity contribution in [2.45, 2.75) is 18.9 Å². The van der Waals surface area contributed by atoms with Gasteiger partial charge >= 0.3 is 5.97 Å². The van der Waals surface area contributed by atoms with Crippen molar-refractivity contribution in [3.05, 3.63) is 69.2 Å². The Balaban J connectivity index is 2.11. The first kappa shape index (κ1) is 20.1. The SMILES string of the molecule is COC(=O)[C@@H](Cc1ccc(Cl)cc1Cl)NC(=O)Cc1ccc(F)cc1F. The highest BCUT2D eigenvalue weighted by Crippen LogP contribution is 2.22. The quantitative estimate of drug-likeness (QED) is 0.750. The van der Waals surface area contributed by atoms with Crippen molar-refractivity contribution < 1.29 is 23.1 Å². The Bertz CT molecular complexity index is 830. The highest BCUT2D eigenvalue weighted by atomic mass is 35.5. The largest absolute Gasteiger partial charge is 0.467 e. The van der Waals surface area contributed by atoms with Crippen LogP contribution >= 0.6 is 23.2 Å². The van der Waals surface area contributed by atoms with Crippen LogP contribution in [0.2, 0.25) is 10.0 Å². The molecule has 8 heteroatoms. The van der Waals surface area contributed by atoms with Crippen molar-refractivity contribution in [2.75, 3.05) is 7.11 Å². The summed E-state index contributed by atoms with van der Waals surface area (Å²) in [5.74, 6) is -2.87. The maximum absolute atomic E-state index is 13.7. The van der Waals surface area contributed by atoms with Crippen LogP contribution in [0.4, 0.5) is 8.78 Å². The summed E-state index contributed by atoms with van der Waals surface area (Å²) in [5.41, 5.74) is 0.594. The second kappa shape index (κ2) is 8.96. The minimum atomic E-state index is -1.02. The van der Waals surface area contributed by atoms with E-state index in [9.17, 15) is 18.4 Å². The number of carbonyl (C=O) groups is 2. The monoisotopic (exact) mass is 401 g/mol. The first-order valence-electron chi connectivity index (χ1n) is 7.55. The van der Waals surface area contributed by atoms with E-state index in [1.54, 1.807) is 12.1 Å². The van der Waals surface area contributed by atoms with Crippen LogP contribution < -0.4 is 5.32 Å². The molecule has 0 bridgehead atoms. The molecule has 2 aromatic carbocycles. The molecule has 0 heterocycles. The fourth-order valence-electron chi connectivity index (χ4n) is 2.33. The Morgan fingerprint density at radius 2 is 1.81 bits per heavy atom. The number of nitrogens with one attached hydrogen (secondary N) is 1. The summed E-state index contributed by atoms with van der Waals surface area (Å²) in [5, 5.41) is 3.26. The van der Waals surface area contributed by atoms with Crippen molar-refractivity contribution in [2.24, 2.45) is 0 Å². The minimum Gasteiger partial charge on any atom is -0.467 e. The molecule has 1 atom stereocenters. The van der Waals surface area contributed by atoms with Crippen molar-refractivity contribution in [1.82, 2.24) is 5.32 Å².